The number of aliphatic carboxylic acids is 1. The number of hydrogen-bond acceptors (Lipinski definition) is 4. The Morgan fingerprint density at radius 3 is 1.82 bits per heavy atom. The fourth-order valence-corrected chi connectivity index (χ4v) is 6.35. The number of benzene rings is 3. The summed E-state index contributed by atoms with van der Waals surface area (Å²) in [6.45, 7) is 2.75. The van der Waals surface area contributed by atoms with Crippen LogP contribution in [0.2, 0.25) is 0 Å². The second-order valence-corrected chi connectivity index (χ2v) is 10.5. The molecule has 3 atom stereocenters. The summed E-state index contributed by atoms with van der Waals surface area (Å²) in [5, 5.41) is 10.4. The van der Waals surface area contributed by atoms with Gasteiger partial charge in [0.1, 0.15) is 0 Å². The number of urea groups is 2. The SMILES string of the molecule is O=C(O)[C@@H]1[C@H]2CC[C@@H](CN1C(=O)N(c1ccccc1)c1ccccc1)N2C(=O)N1CCN(c2ccccc2)CC1. The largest absolute Gasteiger partial charge is 0.480 e. The first-order valence-corrected chi connectivity index (χ1v) is 13.8. The minimum atomic E-state index is -1.13. The van der Waals surface area contributed by atoms with E-state index in [2.05, 4.69) is 17.0 Å². The molecule has 0 radical (unpaired) electrons. The van der Waals surface area contributed by atoms with E-state index in [0.29, 0.717) is 37.3 Å². The summed E-state index contributed by atoms with van der Waals surface area (Å²) in [5.74, 6) is -1.09. The second-order valence-electron chi connectivity index (χ2n) is 10.5. The maximum absolute atomic E-state index is 14.2. The molecule has 3 saturated heterocycles. The molecule has 1 N–H and O–H groups in total. The summed E-state index contributed by atoms with van der Waals surface area (Å²) in [5.41, 5.74) is 2.45. The normalized spacial score (nSPS) is 22.2. The van der Waals surface area contributed by atoms with Gasteiger partial charge in [0.05, 0.1) is 23.5 Å². The van der Waals surface area contributed by atoms with Crippen molar-refractivity contribution < 1.29 is 19.5 Å². The van der Waals surface area contributed by atoms with E-state index in [-0.39, 0.29) is 18.6 Å². The van der Waals surface area contributed by atoms with Gasteiger partial charge in [-0.3, -0.25) is 4.90 Å². The fraction of sp³-hybridized carbons (Fsp3) is 0.323. The Kier molecular flexibility index (Phi) is 7.02. The van der Waals surface area contributed by atoms with Gasteiger partial charge in [0.2, 0.25) is 0 Å². The maximum atomic E-state index is 14.2. The molecule has 3 aliphatic rings. The molecule has 3 aromatic rings. The third-order valence-electron chi connectivity index (χ3n) is 8.27. The van der Waals surface area contributed by atoms with Gasteiger partial charge < -0.3 is 24.7 Å². The van der Waals surface area contributed by atoms with Gasteiger partial charge in [0, 0.05) is 38.4 Å². The number of anilines is 3. The van der Waals surface area contributed by atoms with E-state index in [1.54, 1.807) is 9.80 Å². The monoisotopic (exact) mass is 539 g/mol. The topological polar surface area (TPSA) is 87.6 Å². The lowest BCUT2D eigenvalue weighted by Crippen LogP contribution is -2.68. The number of hydrogen-bond donors (Lipinski definition) is 1. The van der Waals surface area contributed by atoms with E-state index in [0.717, 1.165) is 18.8 Å². The van der Waals surface area contributed by atoms with Gasteiger partial charge in [-0.05, 0) is 49.2 Å². The number of amides is 4. The molecule has 0 saturated carbocycles. The summed E-state index contributed by atoms with van der Waals surface area (Å²) in [6, 6.07) is 26.2. The molecule has 9 heteroatoms. The Bertz CT molecular complexity index is 1310. The maximum Gasteiger partial charge on any atom is 0.329 e. The van der Waals surface area contributed by atoms with Crippen LogP contribution in [0.15, 0.2) is 91.0 Å². The Labute approximate surface area is 233 Å². The number of carbonyl (C=O) groups is 3. The summed E-state index contributed by atoms with van der Waals surface area (Å²) in [7, 11) is 0. The Morgan fingerprint density at radius 1 is 0.725 bits per heavy atom. The molecule has 0 unspecified atom stereocenters. The molecule has 3 aromatic carbocycles. The van der Waals surface area contributed by atoms with Crippen molar-refractivity contribution in [1.29, 1.82) is 0 Å². The average molecular weight is 540 g/mol. The first-order valence-electron chi connectivity index (χ1n) is 13.8. The molecule has 3 aliphatic heterocycles. The van der Waals surface area contributed by atoms with Crippen LogP contribution in [0.1, 0.15) is 12.8 Å². The van der Waals surface area contributed by atoms with Crippen LogP contribution in [0, 0.1) is 0 Å². The van der Waals surface area contributed by atoms with Crippen LogP contribution in [0.25, 0.3) is 0 Å². The standard InChI is InChI=1S/C31H33N5O4/c37-29(38)28-27-17-16-26(36(27)30(39)33-20-18-32(19-21-33)23-10-4-1-5-11-23)22-34(28)31(40)35(24-12-6-2-7-13-24)25-14-8-3-9-15-25/h1-15,26-28H,16-22H2,(H,37,38)/t26-,27+,28-/m0/s1. The van der Waals surface area contributed by atoms with Gasteiger partial charge in [0.25, 0.3) is 0 Å². The first kappa shape index (κ1) is 25.7. The lowest BCUT2D eigenvalue weighted by molar-refractivity contribution is -0.145. The van der Waals surface area contributed by atoms with Crippen LogP contribution in [0.4, 0.5) is 26.7 Å². The molecule has 4 amide bonds. The summed E-state index contributed by atoms with van der Waals surface area (Å²) >= 11 is 0. The number of fused-ring (bicyclic) bond motifs is 2. The van der Waals surface area contributed by atoms with Crippen molar-refractivity contribution in [1.82, 2.24) is 14.7 Å². The summed E-state index contributed by atoms with van der Waals surface area (Å²) < 4.78 is 0. The molecule has 9 nitrogen and oxygen atoms in total. The highest BCUT2D eigenvalue weighted by Crippen LogP contribution is 2.38. The predicted octanol–water partition coefficient (Wildman–Crippen LogP) is 4.49. The molecule has 2 bridgehead atoms. The van der Waals surface area contributed by atoms with Crippen molar-refractivity contribution in [3.8, 4) is 0 Å². The lowest BCUT2D eigenvalue weighted by Gasteiger charge is -2.48. The highest BCUT2D eigenvalue weighted by Gasteiger charge is 2.54. The number of likely N-dealkylation sites (tertiary alicyclic amines) is 1. The molecule has 3 heterocycles. The van der Waals surface area contributed by atoms with Crippen LogP contribution >= 0.6 is 0 Å². The summed E-state index contributed by atoms with van der Waals surface area (Å²) in [6.07, 6.45) is 1.22. The molecule has 0 aliphatic carbocycles. The fourth-order valence-electron chi connectivity index (χ4n) is 6.35. The first-order chi connectivity index (χ1) is 19.5. The van der Waals surface area contributed by atoms with Crippen LogP contribution in [0.3, 0.4) is 0 Å². The smallest absolute Gasteiger partial charge is 0.329 e. The van der Waals surface area contributed by atoms with Crippen molar-refractivity contribution >= 4 is 35.1 Å². The molecular formula is C31H33N5O4. The second kappa shape index (κ2) is 10.9. The highest BCUT2D eigenvalue weighted by molar-refractivity contribution is 6.01. The number of carboxylic acid groups (broad SMARTS) is 1. The zero-order valence-electron chi connectivity index (χ0n) is 22.3. The minimum Gasteiger partial charge on any atom is -0.480 e. The number of para-hydroxylation sites is 3. The molecule has 206 valence electrons. The van der Waals surface area contributed by atoms with Gasteiger partial charge in [0.15, 0.2) is 6.04 Å². The van der Waals surface area contributed by atoms with Crippen molar-refractivity contribution in [2.45, 2.75) is 31.0 Å². The van der Waals surface area contributed by atoms with E-state index in [4.69, 9.17) is 0 Å². The van der Waals surface area contributed by atoms with Crippen molar-refractivity contribution in [2.24, 2.45) is 0 Å². The van der Waals surface area contributed by atoms with Crippen molar-refractivity contribution in [3.05, 3.63) is 91.0 Å². The quantitative estimate of drug-likeness (QED) is 0.528. The molecule has 6 rings (SSSR count). The van der Waals surface area contributed by atoms with E-state index in [9.17, 15) is 19.5 Å². The van der Waals surface area contributed by atoms with Crippen LogP contribution in [-0.2, 0) is 4.79 Å². The summed E-state index contributed by atoms with van der Waals surface area (Å²) in [4.78, 5) is 49.6. The zero-order chi connectivity index (χ0) is 27.6. The predicted molar refractivity (Wildman–Crippen MR) is 153 cm³/mol. The highest BCUT2D eigenvalue weighted by atomic mass is 16.4. The minimum absolute atomic E-state index is 0.124. The van der Waals surface area contributed by atoms with Crippen LogP contribution < -0.4 is 9.80 Å². The van der Waals surface area contributed by atoms with E-state index < -0.39 is 24.1 Å². The van der Waals surface area contributed by atoms with E-state index in [1.165, 1.54) is 4.90 Å². The number of carbonyl (C=O) groups excluding carboxylic acids is 2. The van der Waals surface area contributed by atoms with E-state index in [1.807, 2.05) is 83.8 Å². The van der Waals surface area contributed by atoms with Crippen LogP contribution in [-0.4, -0.2) is 88.7 Å². The lowest BCUT2D eigenvalue weighted by atomic mass is 10.0. The van der Waals surface area contributed by atoms with Crippen molar-refractivity contribution in [2.75, 3.05) is 42.5 Å². The van der Waals surface area contributed by atoms with Gasteiger partial charge in [-0.1, -0.05) is 54.6 Å². The number of rotatable bonds is 4. The number of nitrogens with zero attached hydrogens (tertiary/aromatic N) is 5. The average Bonchev–Trinajstić information content (AvgIpc) is 3.30. The molecule has 0 aromatic heterocycles. The van der Waals surface area contributed by atoms with Crippen LogP contribution in [0.5, 0.6) is 0 Å². The molecular weight excluding hydrogens is 506 g/mol. The number of piperazine rings is 2. The van der Waals surface area contributed by atoms with Gasteiger partial charge in [-0.2, -0.15) is 0 Å². The Hall–Kier alpha value is -4.53. The van der Waals surface area contributed by atoms with Gasteiger partial charge >= 0.3 is 18.0 Å². The number of carboxylic acids is 1. The van der Waals surface area contributed by atoms with Crippen molar-refractivity contribution in [3.63, 3.8) is 0 Å². The third kappa shape index (κ3) is 4.72. The molecule has 0 spiro atoms. The molecule has 40 heavy (non-hydrogen) atoms. The zero-order valence-corrected chi connectivity index (χ0v) is 22.3. The molecule has 3 fully saturated rings. The Morgan fingerprint density at radius 2 is 1.27 bits per heavy atom. The van der Waals surface area contributed by atoms with E-state index >= 15 is 0 Å². The van der Waals surface area contributed by atoms with Gasteiger partial charge in [-0.15, -0.1) is 0 Å². The van der Waals surface area contributed by atoms with Gasteiger partial charge in [-0.25, -0.2) is 14.4 Å². The third-order valence-corrected chi connectivity index (χ3v) is 8.27. The Balaban J connectivity index is 1.23.